The van der Waals surface area contributed by atoms with E-state index in [-0.39, 0.29) is 11.5 Å². The van der Waals surface area contributed by atoms with Gasteiger partial charge in [-0.15, -0.1) is 5.10 Å². The van der Waals surface area contributed by atoms with Gasteiger partial charge in [0.1, 0.15) is 4.53 Å². The zero-order valence-corrected chi connectivity index (χ0v) is 20.9. The molecule has 2 aromatic carbocycles. The molecule has 5 rings (SSSR count). The largest absolute Gasteiger partial charge is 0.493 e. The Morgan fingerprint density at radius 1 is 1.03 bits per heavy atom. The van der Waals surface area contributed by atoms with E-state index in [1.165, 1.54) is 25.8 Å². The van der Waals surface area contributed by atoms with E-state index in [0.29, 0.717) is 43.7 Å². The SMILES string of the molecule is CC(=O)O.COc1cc(-c2nc3s/c(=C4\C(=O)N(C)c5ccccc54)c(=O)n3n2)cc(OC)c1OC. The quantitative estimate of drug-likeness (QED) is 0.437. The number of amides is 1. The monoisotopic (exact) mass is 510 g/mol. The Morgan fingerprint density at radius 3 is 2.19 bits per heavy atom. The third-order valence-electron chi connectivity index (χ3n) is 5.36. The standard InChI is InChI=1S/C22H18N4O5S.C2H4O2/c1-25-13-8-6-5-7-12(13)16(20(25)27)18-21(28)26-22(32-18)23-19(24-26)11-9-14(29-2)17(31-4)15(10-11)30-3;1-2(3)4/h5-10H,1-4H3;1H3,(H,3,4)/b18-16-;. The number of thiazole rings is 1. The van der Waals surface area contributed by atoms with Crippen LogP contribution in [0.2, 0.25) is 0 Å². The average Bonchev–Trinajstić information content (AvgIpc) is 3.49. The number of para-hydroxylation sites is 1. The summed E-state index contributed by atoms with van der Waals surface area (Å²) < 4.78 is 17.7. The topological polar surface area (TPSA) is 133 Å². The van der Waals surface area contributed by atoms with Crippen LogP contribution in [0.1, 0.15) is 12.5 Å². The molecule has 1 amide bonds. The van der Waals surface area contributed by atoms with Crippen molar-refractivity contribution in [3.8, 4) is 28.6 Å². The van der Waals surface area contributed by atoms with E-state index in [0.717, 1.165) is 29.5 Å². The number of methoxy groups -OCH3 is 3. The van der Waals surface area contributed by atoms with E-state index in [1.807, 2.05) is 24.3 Å². The van der Waals surface area contributed by atoms with E-state index in [1.54, 1.807) is 24.1 Å². The molecule has 0 radical (unpaired) electrons. The van der Waals surface area contributed by atoms with Crippen LogP contribution in [0.4, 0.5) is 5.69 Å². The number of benzene rings is 2. The first-order chi connectivity index (χ1) is 17.2. The molecule has 0 spiro atoms. The first-order valence-corrected chi connectivity index (χ1v) is 11.3. The van der Waals surface area contributed by atoms with Gasteiger partial charge in [-0.2, -0.15) is 9.50 Å². The summed E-state index contributed by atoms with van der Waals surface area (Å²) in [7, 11) is 6.26. The van der Waals surface area contributed by atoms with Crippen LogP contribution < -0.4 is 29.2 Å². The summed E-state index contributed by atoms with van der Waals surface area (Å²) in [5, 5.41) is 11.8. The number of hydrogen-bond donors (Lipinski definition) is 1. The zero-order valence-electron chi connectivity index (χ0n) is 20.1. The van der Waals surface area contributed by atoms with Gasteiger partial charge in [-0.05, 0) is 18.2 Å². The maximum Gasteiger partial charge on any atom is 0.300 e. The minimum Gasteiger partial charge on any atom is -0.493 e. The second kappa shape index (κ2) is 9.66. The van der Waals surface area contributed by atoms with E-state index in [2.05, 4.69) is 10.1 Å². The lowest BCUT2D eigenvalue weighted by molar-refractivity contribution is -0.134. The van der Waals surface area contributed by atoms with Crippen molar-refractivity contribution >= 4 is 39.4 Å². The third-order valence-corrected chi connectivity index (χ3v) is 6.39. The predicted octanol–water partition coefficient (Wildman–Crippen LogP) is 1.83. The number of hydrogen-bond acceptors (Lipinski definition) is 9. The molecule has 1 aliphatic heterocycles. The van der Waals surface area contributed by atoms with Crippen molar-refractivity contribution in [1.82, 2.24) is 14.6 Å². The second-order valence-electron chi connectivity index (χ2n) is 7.56. The molecule has 36 heavy (non-hydrogen) atoms. The van der Waals surface area contributed by atoms with Crippen LogP contribution in [-0.4, -0.2) is 60.0 Å². The number of anilines is 1. The van der Waals surface area contributed by atoms with Gasteiger partial charge < -0.3 is 24.2 Å². The van der Waals surface area contributed by atoms with Crippen molar-refractivity contribution in [3.05, 3.63) is 56.8 Å². The molecule has 0 atom stereocenters. The number of likely N-dealkylation sites (N-methyl/N-ethyl adjacent to an activating group) is 1. The fraction of sp³-hybridized carbons (Fsp3) is 0.208. The van der Waals surface area contributed by atoms with Crippen LogP contribution in [0.25, 0.3) is 21.9 Å². The number of aromatic nitrogens is 3. The predicted molar refractivity (Wildman–Crippen MR) is 133 cm³/mol. The fourth-order valence-corrected chi connectivity index (χ4v) is 4.80. The van der Waals surface area contributed by atoms with Gasteiger partial charge in [0.15, 0.2) is 17.3 Å². The van der Waals surface area contributed by atoms with Gasteiger partial charge in [0.25, 0.3) is 17.4 Å². The first-order valence-electron chi connectivity index (χ1n) is 10.5. The van der Waals surface area contributed by atoms with E-state index in [9.17, 15) is 9.59 Å². The molecule has 186 valence electrons. The van der Waals surface area contributed by atoms with Gasteiger partial charge >= 0.3 is 0 Å². The Balaban J connectivity index is 0.000000709. The Labute approximate surface area is 208 Å². The Bertz CT molecular complexity index is 1580. The van der Waals surface area contributed by atoms with Crippen LogP contribution in [0.15, 0.2) is 41.2 Å². The van der Waals surface area contributed by atoms with Gasteiger partial charge in [-0.1, -0.05) is 29.5 Å². The number of carboxylic acids is 1. The molecule has 4 aromatic rings. The number of carbonyl (C=O) groups is 2. The van der Waals surface area contributed by atoms with Gasteiger partial charge in [-0.25, -0.2) is 0 Å². The fourth-order valence-electron chi connectivity index (χ4n) is 3.81. The number of nitrogens with zero attached hydrogens (tertiary/aromatic N) is 4. The number of ether oxygens (including phenoxy) is 3. The zero-order chi connectivity index (χ0) is 26.1. The molecule has 0 bridgehead atoms. The highest BCUT2D eigenvalue weighted by Gasteiger charge is 2.32. The molecule has 3 heterocycles. The minimum atomic E-state index is -0.833. The summed E-state index contributed by atoms with van der Waals surface area (Å²) in [6.45, 7) is 1.08. The van der Waals surface area contributed by atoms with Crippen LogP contribution in [0, 0.1) is 0 Å². The summed E-state index contributed by atoms with van der Waals surface area (Å²) in [4.78, 5) is 41.5. The molecular weight excluding hydrogens is 488 g/mol. The number of fused-ring (bicyclic) bond motifs is 2. The lowest BCUT2D eigenvalue weighted by Crippen LogP contribution is -2.30. The van der Waals surface area contributed by atoms with Gasteiger partial charge in [0.2, 0.25) is 10.7 Å². The molecule has 0 saturated carbocycles. The molecule has 0 fully saturated rings. The molecule has 0 aliphatic carbocycles. The van der Waals surface area contributed by atoms with Crippen LogP contribution in [0.5, 0.6) is 17.2 Å². The van der Waals surface area contributed by atoms with Crippen molar-refractivity contribution in [2.75, 3.05) is 33.3 Å². The molecule has 1 aliphatic rings. The van der Waals surface area contributed by atoms with E-state index >= 15 is 0 Å². The highest BCUT2D eigenvalue weighted by atomic mass is 32.1. The summed E-state index contributed by atoms with van der Waals surface area (Å²) >= 11 is 1.14. The Kier molecular flexibility index (Phi) is 6.62. The molecule has 0 unspecified atom stereocenters. The lowest BCUT2D eigenvalue weighted by atomic mass is 10.1. The van der Waals surface area contributed by atoms with E-state index < -0.39 is 5.97 Å². The summed E-state index contributed by atoms with van der Waals surface area (Å²) in [6.07, 6.45) is 0. The van der Waals surface area contributed by atoms with Crippen molar-refractivity contribution in [1.29, 1.82) is 0 Å². The third kappa shape index (κ3) is 4.11. The van der Waals surface area contributed by atoms with Crippen molar-refractivity contribution in [3.63, 3.8) is 0 Å². The molecule has 2 aromatic heterocycles. The minimum absolute atomic E-state index is 0.224. The number of carbonyl (C=O) groups excluding carboxylic acids is 1. The van der Waals surface area contributed by atoms with Crippen molar-refractivity contribution in [2.45, 2.75) is 6.92 Å². The molecule has 0 saturated heterocycles. The maximum atomic E-state index is 13.2. The number of rotatable bonds is 4. The molecular formula is C24H22N4O7S. The highest BCUT2D eigenvalue weighted by Crippen LogP contribution is 2.40. The van der Waals surface area contributed by atoms with Crippen LogP contribution in [0.3, 0.4) is 0 Å². The summed E-state index contributed by atoms with van der Waals surface area (Å²) in [5.41, 5.74) is 2.09. The maximum absolute atomic E-state index is 13.2. The average molecular weight is 511 g/mol. The first kappa shape index (κ1) is 24.7. The van der Waals surface area contributed by atoms with Gasteiger partial charge in [0.05, 0.1) is 32.6 Å². The number of carboxylic acid groups (broad SMARTS) is 1. The smallest absolute Gasteiger partial charge is 0.300 e. The van der Waals surface area contributed by atoms with Crippen LogP contribution in [-0.2, 0) is 9.59 Å². The second-order valence-corrected chi connectivity index (χ2v) is 8.53. The Morgan fingerprint density at radius 2 is 1.64 bits per heavy atom. The van der Waals surface area contributed by atoms with Crippen molar-refractivity contribution < 1.29 is 28.9 Å². The summed E-state index contributed by atoms with van der Waals surface area (Å²) in [6, 6.07) is 10.8. The summed E-state index contributed by atoms with van der Waals surface area (Å²) in [5.74, 6) is 0.632. The Hall–Kier alpha value is -4.45. The lowest BCUT2D eigenvalue weighted by Gasteiger charge is -2.12. The van der Waals surface area contributed by atoms with Gasteiger partial charge in [-0.3, -0.25) is 14.4 Å². The van der Waals surface area contributed by atoms with E-state index in [4.69, 9.17) is 24.1 Å². The molecule has 12 heteroatoms. The molecule has 1 N–H and O–H groups in total. The molecule has 11 nitrogen and oxygen atoms in total. The highest BCUT2D eigenvalue weighted by molar-refractivity contribution is 7.15. The van der Waals surface area contributed by atoms with Crippen molar-refractivity contribution in [2.24, 2.45) is 0 Å². The van der Waals surface area contributed by atoms with Crippen LogP contribution >= 0.6 is 11.3 Å². The normalized spacial score (nSPS) is 13.8. The number of aliphatic carboxylic acids is 1. The van der Waals surface area contributed by atoms with Gasteiger partial charge in [0, 0.05) is 25.1 Å².